The number of rotatable bonds is 7. The third-order valence-electron chi connectivity index (χ3n) is 5.16. The summed E-state index contributed by atoms with van der Waals surface area (Å²) >= 11 is 0. The number of aromatic nitrogens is 3. The van der Waals surface area contributed by atoms with Gasteiger partial charge in [0.15, 0.2) is 0 Å². The molecule has 7 heteroatoms. The minimum Gasteiger partial charge on any atom is -0.378 e. The molecule has 156 valence electrons. The molecule has 4 rings (SSSR count). The van der Waals surface area contributed by atoms with Crippen LogP contribution in [0.3, 0.4) is 0 Å². The van der Waals surface area contributed by atoms with Crippen LogP contribution in [-0.2, 0) is 4.74 Å². The van der Waals surface area contributed by atoms with Crippen LogP contribution in [0.25, 0.3) is 11.4 Å². The maximum absolute atomic E-state index is 5.44. The first kappa shape index (κ1) is 20.1. The summed E-state index contributed by atoms with van der Waals surface area (Å²) in [5.74, 6) is 1.33. The van der Waals surface area contributed by atoms with Crippen LogP contribution in [0, 0.1) is 0 Å². The first-order valence-electron chi connectivity index (χ1n) is 10.5. The molecule has 2 N–H and O–H groups in total. The lowest BCUT2D eigenvalue weighted by atomic mass is 10.2. The van der Waals surface area contributed by atoms with Crippen molar-refractivity contribution in [3.05, 3.63) is 54.7 Å². The molecule has 0 bridgehead atoms. The number of pyridine rings is 1. The van der Waals surface area contributed by atoms with E-state index in [4.69, 9.17) is 4.74 Å². The zero-order chi connectivity index (χ0) is 20.8. The van der Waals surface area contributed by atoms with Crippen LogP contribution >= 0.6 is 0 Å². The van der Waals surface area contributed by atoms with Crippen LogP contribution < -0.4 is 15.5 Å². The number of hydrogen-bond donors (Lipinski definition) is 2. The molecule has 0 radical (unpaired) electrons. The molecule has 0 saturated carbocycles. The molecule has 1 atom stereocenters. The van der Waals surface area contributed by atoms with Crippen LogP contribution in [0.4, 0.5) is 23.1 Å². The van der Waals surface area contributed by atoms with Crippen molar-refractivity contribution in [2.24, 2.45) is 0 Å². The number of benzene rings is 1. The molecule has 1 aromatic carbocycles. The number of anilines is 4. The van der Waals surface area contributed by atoms with E-state index in [0.717, 1.165) is 55.6 Å². The lowest BCUT2D eigenvalue weighted by Crippen LogP contribution is -2.36. The SMILES string of the molecule is CC[C@H](C)Nc1nc(Nc2ccc(N3CCOCC3)cc2)cc(-c2ccccn2)n1. The predicted molar refractivity (Wildman–Crippen MR) is 121 cm³/mol. The second-order valence-electron chi connectivity index (χ2n) is 7.40. The number of morpholine rings is 1. The summed E-state index contributed by atoms with van der Waals surface area (Å²) in [6, 6.07) is 16.5. The fourth-order valence-corrected chi connectivity index (χ4v) is 3.27. The van der Waals surface area contributed by atoms with Crippen molar-refractivity contribution in [3.8, 4) is 11.4 Å². The fraction of sp³-hybridized carbons (Fsp3) is 0.348. The number of hydrogen-bond acceptors (Lipinski definition) is 7. The number of nitrogens with one attached hydrogen (secondary N) is 2. The summed E-state index contributed by atoms with van der Waals surface area (Å²) in [6.45, 7) is 7.67. The minimum atomic E-state index is 0.282. The van der Waals surface area contributed by atoms with E-state index >= 15 is 0 Å². The van der Waals surface area contributed by atoms with Crippen molar-refractivity contribution in [3.63, 3.8) is 0 Å². The highest BCUT2D eigenvalue weighted by atomic mass is 16.5. The highest BCUT2D eigenvalue weighted by Crippen LogP contribution is 2.25. The first-order chi connectivity index (χ1) is 14.7. The Labute approximate surface area is 177 Å². The number of nitrogens with zero attached hydrogens (tertiary/aromatic N) is 4. The Hall–Kier alpha value is -3.19. The third-order valence-corrected chi connectivity index (χ3v) is 5.16. The normalized spacial score (nSPS) is 14.9. The Morgan fingerprint density at radius 3 is 2.53 bits per heavy atom. The maximum atomic E-state index is 5.44. The molecule has 0 unspecified atom stereocenters. The smallest absolute Gasteiger partial charge is 0.225 e. The van der Waals surface area contributed by atoms with Crippen molar-refractivity contribution in [2.45, 2.75) is 26.3 Å². The molecule has 1 aliphatic rings. The summed E-state index contributed by atoms with van der Waals surface area (Å²) in [7, 11) is 0. The lowest BCUT2D eigenvalue weighted by Gasteiger charge is -2.28. The van der Waals surface area contributed by atoms with E-state index in [2.05, 4.69) is 68.6 Å². The molecule has 0 amide bonds. The molecule has 1 fully saturated rings. The molecule has 0 aliphatic carbocycles. The second-order valence-corrected chi connectivity index (χ2v) is 7.40. The van der Waals surface area contributed by atoms with E-state index < -0.39 is 0 Å². The topological polar surface area (TPSA) is 75.2 Å². The van der Waals surface area contributed by atoms with E-state index in [1.165, 1.54) is 5.69 Å². The summed E-state index contributed by atoms with van der Waals surface area (Å²) in [4.78, 5) is 16.1. The molecule has 2 aromatic heterocycles. The van der Waals surface area contributed by atoms with E-state index in [1.807, 2.05) is 24.3 Å². The fourth-order valence-electron chi connectivity index (χ4n) is 3.27. The van der Waals surface area contributed by atoms with Crippen molar-refractivity contribution in [2.75, 3.05) is 41.8 Å². The molecular weight excluding hydrogens is 376 g/mol. The van der Waals surface area contributed by atoms with Crippen molar-refractivity contribution in [1.82, 2.24) is 15.0 Å². The van der Waals surface area contributed by atoms with Gasteiger partial charge in [-0.25, -0.2) is 4.98 Å². The van der Waals surface area contributed by atoms with Gasteiger partial charge in [-0.1, -0.05) is 13.0 Å². The first-order valence-corrected chi connectivity index (χ1v) is 10.5. The van der Waals surface area contributed by atoms with E-state index in [-0.39, 0.29) is 6.04 Å². The Kier molecular flexibility index (Phi) is 6.39. The zero-order valence-electron chi connectivity index (χ0n) is 17.5. The van der Waals surface area contributed by atoms with Crippen LogP contribution in [0.5, 0.6) is 0 Å². The molecule has 30 heavy (non-hydrogen) atoms. The molecule has 1 aliphatic heterocycles. The maximum Gasteiger partial charge on any atom is 0.225 e. The van der Waals surface area contributed by atoms with Gasteiger partial charge in [0.05, 0.1) is 24.6 Å². The predicted octanol–water partition coefficient (Wildman–Crippen LogP) is 4.33. The van der Waals surface area contributed by atoms with Gasteiger partial charge >= 0.3 is 0 Å². The molecular formula is C23H28N6O. The van der Waals surface area contributed by atoms with Gasteiger partial charge in [0.2, 0.25) is 5.95 Å². The quantitative estimate of drug-likeness (QED) is 0.607. The average molecular weight is 405 g/mol. The van der Waals surface area contributed by atoms with Crippen molar-refractivity contribution >= 4 is 23.1 Å². The van der Waals surface area contributed by atoms with Gasteiger partial charge in [-0.2, -0.15) is 4.98 Å². The van der Waals surface area contributed by atoms with Gasteiger partial charge in [-0.15, -0.1) is 0 Å². The Morgan fingerprint density at radius 2 is 1.83 bits per heavy atom. The summed E-state index contributed by atoms with van der Waals surface area (Å²) in [6.07, 6.45) is 2.76. The highest BCUT2D eigenvalue weighted by molar-refractivity contribution is 5.66. The third kappa shape index (κ3) is 5.04. The van der Waals surface area contributed by atoms with Crippen LogP contribution in [0.2, 0.25) is 0 Å². The van der Waals surface area contributed by atoms with Crippen molar-refractivity contribution < 1.29 is 4.74 Å². The molecule has 1 saturated heterocycles. The lowest BCUT2D eigenvalue weighted by molar-refractivity contribution is 0.122. The van der Waals surface area contributed by atoms with Crippen LogP contribution in [0.15, 0.2) is 54.7 Å². The second kappa shape index (κ2) is 9.54. The van der Waals surface area contributed by atoms with E-state index in [0.29, 0.717) is 5.95 Å². The largest absolute Gasteiger partial charge is 0.378 e. The molecule has 3 heterocycles. The highest BCUT2D eigenvalue weighted by Gasteiger charge is 2.12. The van der Waals surface area contributed by atoms with Crippen LogP contribution in [-0.4, -0.2) is 47.3 Å². The van der Waals surface area contributed by atoms with Gasteiger partial charge in [0.25, 0.3) is 0 Å². The van der Waals surface area contributed by atoms with Gasteiger partial charge in [0, 0.05) is 42.8 Å². The van der Waals surface area contributed by atoms with Gasteiger partial charge < -0.3 is 20.3 Å². The Balaban J connectivity index is 1.57. The average Bonchev–Trinajstić information content (AvgIpc) is 2.80. The Bertz CT molecular complexity index is 942. The van der Waals surface area contributed by atoms with Gasteiger partial charge in [-0.05, 0) is 49.7 Å². The standard InChI is InChI=1S/C23H28N6O/c1-3-17(2)25-23-27-21(20-6-4-5-11-24-20)16-22(28-23)26-18-7-9-19(10-8-18)29-12-14-30-15-13-29/h4-11,16-17H,3,12-15H2,1-2H3,(H2,25,26,27,28)/t17-/m0/s1. The van der Waals surface area contributed by atoms with E-state index in [9.17, 15) is 0 Å². The molecule has 3 aromatic rings. The monoisotopic (exact) mass is 404 g/mol. The van der Waals surface area contributed by atoms with Crippen molar-refractivity contribution in [1.29, 1.82) is 0 Å². The number of ether oxygens (including phenoxy) is 1. The molecule has 0 spiro atoms. The summed E-state index contributed by atoms with van der Waals surface area (Å²) in [5, 5.41) is 6.79. The summed E-state index contributed by atoms with van der Waals surface area (Å²) < 4.78 is 5.44. The van der Waals surface area contributed by atoms with Gasteiger partial charge in [-0.3, -0.25) is 4.98 Å². The van der Waals surface area contributed by atoms with Gasteiger partial charge in [0.1, 0.15) is 5.82 Å². The summed E-state index contributed by atoms with van der Waals surface area (Å²) in [5.41, 5.74) is 3.79. The van der Waals surface area contributed by atoms with E-state index in [1.54, 1.807) is 6.20 Å². The zero-order valence-corrected chi connectivity index (χ0v) is 17.5. The van der Waals surface area contributed by atoms with Crippen LogP contribution in [0.1, 0.15) is 20.3 Å². The minimum absolute atomic E-state index is 0.282. The molecule has 7 nitrogen and oxygen atoms in total. The Morgan fingerprint density at radius 1 is 1.03 bits per heavy atom.